The van der Waals surface area contributed by atoms with Crippen molar-refractivity contribution in [3.63, 3.8) is 0 Å². The van der Waals surface area contributed by atoms with E-state index in [0.29, 0.717) is 6.61 Å². The maximum Gasteiger partial charge on any atom is 0.247 e. The minimum atomic E-state index is -0.435. The van der Waals surface area contributed by atoms with Crippen LogP contribution in [0.5, 0.6) is 5.75 Å². The van der Waals surface area contributed by atoms with Crippen molar-refractivity contribution >= 4 is 28.4 Å². The van der Waals surface area contributed by atoms with Gasteiger partial charge in [-0.15, -0.1) is 0 Å². The van der Waals surface area contributed by atoms with Crippen LogP contribution in [-0.2, 0) is 30.7 Å². The number of hydroxylamine groups is 1. The molecule has 3 N–H and O–H groups in total. The van der Waals surface area contributed by atoms with E-state index in [1.165, 1.54) is 22.2 Å². The lowest BCUT2D eigenvalue weighted by Gasteiger charge is -2.17. The molecule has 0 unspecified atom stereocenters. The fraction of sp³-hybridized carbons (Fsp3) is 0.318. The SMILES string of the molecule is O=C(Cc1ccc(OCCCn2c3c(c4c(Cl)cccc42)CCNC3)cc1)NO. The normalized spacial score (nSPS) is 13.3. The van der Waals surface area contributed by atoms with Crippen molar-refractivity contribution in [2.75, 3.05) is 13.2 Å². The number of rotatable bonds is 7. The van der Waals surface area contributed by atoms with Gasteiger partial charge in [0.1, 0.15) is 5.75 Å². The summed E-state index contributed by atoms with van der Waals surface area (Å²) in [5.41, 5.74) is 6.34. The molecule has 0 saturated heterocycles. The molecule has 0 bridgehead atoms. The highest BCUT2D eigenvalue weighted by Crippen LogP contribution is 2.34. The standard InChI is InChI=1S/C22H24ClN3O3/c23-18-3-1-4-19-22(18)17-9-10-24-14-20(17)26(19)11-2-12-29-16-7-5-15(6-8-16)13-21(27)25-28/h1,3-8,24,28H,2,9-14H2,(H,25,27). The van der Waals surface area contributed by atoms with Gasteiger partial charge in [-0.25, -0.2) is 5.48 Å². The molecule has 2 heterocycles. The van der Waals surface area contributed by atoms with E-state index in [1.807, 2.05) is 36.4 Å². The molecule has 0 atom stereocenters. The van der Waals surface area contributed by atoms with Crippen molar-refractivity contribution in [1.29, 1.82) is 0 Å². The average Bonchev–Trinajstić information content (AvgIpc) is 3.07. The average molecular weight is 414 g/mol. The van der Waals surface area contributed by atoms with Crippen LogP contribution in [0.3, 0.4) is 0 Å². The zero-order valence-electron chi connectivity index (χ0n) is 16.1. The minimum absolute atomic E-state index is 0.138. The Kier molecular flexibility index (Phi) is 6.04. The number of aromatic nitrogens is 1. The number of nitrogens with one attached hydrogen (secondary N) is 2. The van der Waals surface area contributed by atoms with Gasteiger partial charge >= 0.3 is 0 Å². The monoisotopic (exact) mass is 413 g/mol. The Morgan fingerprint density at radius 2 is 2.07 bits per heavy atom. The number of fused-ring (bicyclic) bond motifs is 3. The summed E-state index contributed by atoms with van der Waals surface area (Å²) in [6, 6.07) is 13.5. The second-order valence-corrected chi connectivity index (χ2v) is 7.60. The Hall–Kier alpha value is -2.54. The van der Waals surface area contributed by atoms with Crippen LogP contribution in [0.2, 0.25) is 5.02 Å². The molecule has 6 nitrogen and oxygen atoms in total. The van der Waals surface area contributed by atoms with Crippen molar-refractivity contribution in [1.82, 2.24) is 15.4 Å². The molecule has 4 rings (SSSR count). The lowest BCUT2D eigenvalue weighted by atomic mass is 10.0. The molecule has 0 fully saturated rings. The molecule has 29 heavy (non-hydrogen) atoms. The zero-order valence-corrected chi connectivity index (χ0v) is 16.8. The number of hydrogen-bond donors (Lipinski definition) is 3. The van der Waals surface area contributed by atoms with Gasteiger partial charge in [0, 0.05) is 24.2 Å². The summed E-state index contributed by atoms with van der Waals surface area (Å²) in [4.78, 5) is 11.2. The zero-order chi connectivity index (χ0) is 20.2. The number of ether oxygens (including phenoxy) is 1. The molecule has 1 amide bonds. The van der Waals surface area contributed by atoms with Crippen molar-refractivity contribution < 1.29 is 14.7 Å². The number of amides is 1. The molecule has 7 heteroatoms. The fourth-order valence-corrected chi connectivity index (χ4v) is 4.26. The summed E-state index contributed by atoms with van der Waals surface area (Å²) in [7, 11) is 0. The number of carbonyl (C=O) groups is 1. The third kappa shape index (κ3) is 4.24. The summed E-state index contributed by atoms with van der Waals surface area (Å²) < 4.78 is 8.23. The number of hydrogen-bond acceptors (Lipinski definition) is 4. The van der Waals surface area contributed by atoms with Gasteiger partial charge in [0.2, 0.25) is 5.91 Å². The van der Waals surface area contributed by atoms with Crippen LogP contribution in [-0.4, -0.2) is 28.8 Å². The molecule has 1 aromatic heterocycles. The topological polar surface area (TPSA) is 75.5 Å². The van der Waals surface area contributed by atoms with E-state index in [4.69, 9.17) is 21.5 Å². The van der Waals surface area contributed by atoms with Crippen molar-refractivity contribution in [2.45, 2.75) is 32.4 Å². The van der Waals surface area contributed by atoms with Crippen LogP contribution in [0.15, 0.2) is 42.5 Å². The van der Waals surface area contributed by atoms with Crippen LogP contribution in [0.4, 0.5) is 0 Å². The van der Waals surface area contributed by atoms with E-state index in [1.54, 1.807) is 5.48 Å². The summed E-state index contributed by atoms with van der Waals surface area (Å²) in [6.45, 7) is 3.31. The van der Waals surface area contributed by atoms with Crippen LogP contribution in [0.1, 0.15) is 23.2 Å². The highest BCUT2D eigenvalue weighted by atomic mass is 35.5. The van der Waals surface area contributed by atoms with Crippen LogP contribution in [0.25, 0.3) is 10.9 Å². The molecule has 0 spiro atoms. The Morgan fingerprint density at radius 3 is 2.86 bits per heavy atom. The summed E-state index contributed by atoms with van der Waals surface area (Å²) in [6.07, 6.45) is 2.01. The summed E-state index contributed by atoms with van der Waals surface area (Å²) in [5.74, 6) is 0.331. The van der Waals surface area contributed by atoms with Gasteiger partial charge in [-0.2, -0.15) is 0 Å². The van der Waals surface area contributed by atoms with Crippen molar-refractivity contribution in [3.05, 3.63) is 64.3 Å². The lowest BCUT2D eigenvalue weighted by molar-refractivity contribution is -0.128. The van der Waals surface area contributed by atoms with E-state index < -0.39 is 5.91 Å². The first-order valence-electron chi connectivity index (χ1n) is 9.81. The predicted molar refractivity (Wildman–Crippen MR) is 113 cm³/mol. The van der Waals surface area contributed by atoms with Crippen LogP contribution < -0.4 is 15.5 Å². The third-order valence-corrected chi connectivity index (χ3v) is 5.63. The Balaban J connectivity index is 1.40. The van der Waals surface area contributed by atoms with Crippen LogP contribution >= 0.6 is 11.6 Å². The molecule has 1 aliphatic heterocycles. The molecular formula is C22H24ClN3O3. The van der Waals surface area contributed by atoms with Gasteiger partial charge in [-0.05, 0) is 54.8 Å². The maximum absolute atomic E-state index is 11.2. The van der Waals surface area contributed by atoms with Gasteiger partial charge < -0.3 is 14.6 Å². The van der Waals surface area contributed by atoms with E-state index >= 15 is 0 Å². The van der Waals surface area contributed by atoms with E-state index in [-0.39, 0.29) is 6.42 Å². The fourth-order valence-electron chi connectivity index (χ4n) is 3.98. The molecule has 0 aliphatic carbocycles. The molecular weight excluding hydrogens is 390 g/mol. The van der Waals surface area contributed by atoms with E-state index in [9.17, 15) is 4.79 Å². The third-order valence-electron chi connectivity index (χ3n) is 5.31. The number of benzene rings is 2. The highest BCUT2D eigenvalue weighted by Gasteiger charge is 2.21. The highest BCUT2D eigenvalue weighted by molar-refractivity contribution is 6.35. The minimum Gasteiger partial charge on any atom is -0.494 e. The molecule has 1 aliphatic rings. The lowest BCUT2D eigenvalue weighted by Crippen LogP contribution is -2.25. The number of nitrogens with zero attached hydrogens (tertiary/aromatic N) is 1. The first kappa shape index (κ1) is 19.8. The summed E-state index contributed by atoms with van der Waals surface area (Å²) in [5, 5.41) is 14.1. The molecule has 0 saturated carbocycles. The molecule has 0 radical (unpaired) electrons. The van der Waals surface area contributed by atoms with Gasteiger partial charge in [-0.3, -0.25) is 10.0 Å². The van der Waals surface area contributed by atoms with Gasteiger partial charge in [-0.1, -0.05) is 29.8 Å². The number of aryl methyl sites for hydroxylation is 1. The first-order valence-corrected chi connectivity index (χ1v) is 10.2. The Morgan fingerprint density at radius 1 is 1.24 bits per heavy atom. The van der Waals surface area contributed by atoms with Crippen molar-refractivity contribution in [3.8, 4) is 5.75 Å². The predicted octanol–water partition coefficient (Wildman–Crippen LogP) is 3.46. The Labute approximate surface area is 174 Å². The maximum atomic E-state index is 11.2. The van der Waals surface area contributed by atoms with Crippen LogP contribution in [0, 0.1) is 0 Å². The van der Waals surface area contributed by atoms with Gasteiger partial charge in [0.05, 0.1) is 23.6 Å². The Bertz CT molecular complexity index is 1010. The van der Waals surface area contributed by atoms with E-state index in [0.717, 1.165) is 48.8 Å². The van der Waals surface area contributed by atoms with Gasteiger partial charge in [0.15, 0.2) is 0 Å². The van der Waals surface area contributed by atoms with Gasteiger partial charge in [0.25, 0.3) is 0 Å². The van der Waals surface area contributed by atoms with E-state index in [2.05, 4.69) is 16.0 Å². The molecule has 152 valence electrons. The number of halogens is 1. The molecule has 2 aromatic carbocycles. The van der Waals surface area contributed by atoms with Crippen molar-refractivity contribution in [2.24, 2.45) is 0 Å². The number of carbonyl (C=O) groups excluding carboxylic acids is 1. The first-order chi connectivity index (χ1) is 14.2. The quantitative estimate of drug-likeness (QED) is 0.315. The summed E-state index contributed by atoms with van der Waals surface area (Å²) >= 11 is 6.50. The second-order valence-electron chi connectivity index (χ2n) is 7.20. The molecule has 3 aromatic rings. The largest absolute Gasteiger partial charge is 0.494 e. The smallest absolute Gasteiger partial charge is 0.247 e. The second kappa shape index (κ2) is 8.86.